The maximum atomic E-state index is 12.4. The maximum Gasteiger partial charge on any atom is 0.351 e. The highest BCUT2D eigenvalue weighted by molar-refractivity contribution is 6.03. The fourth-order valence-electron chi connectivity index (χ4n) is 3.26. The monoisotopic (exact) mass is 357 g/mol. The predicted molar refractivity (Wildman–Crippen MR) is 96.9 cm³/mol. The highest BCUT2D eigenvalue weighted by Crippen LogP contribution is 2.42. The third kappa shape index (κ3) is 3.27. The summed E-state index contributed by atoms with van der Waals surface area (Å²) in [5.41, 5.74) is -1.31. The lowest BCUT2D eigenvalue weighted by Crippen LogP contribution is -2.41. The summed E-state index contributed by atoms with van der Waals surface area (Å²) in [4.78, 5) is 28.5. The van der Waals surface area contributed by atoms with Crippen LogP contribution in [0.2, 0.25) is 0 Å². The second-order valence-corrected chi connectivity index (χ2v) is 6.77. The lowest BCUT2D eigenvalue weighted by molar-refractivity contribution is -0.0875. The third-order valence-electron chi connectivity index (χ3n) is 5.05. The van der Waals surface area contributed by atoms with Crippen molar-refractivity contribution in [3.05, 3.63) is 58.6 Å². The molecular weight excluding hydrogens is 334 g/mol. The fourth-order valence-corrected chi connectivity index (χ4v) is 3.26. The Morgan fingerprint density at radius 2 is 2.04 bits per heavy atom. The van der Waals surface area contributed by atoms with E-state index in [0.717, 1.165) is 6.42 Å². The molecule has 1 unspecified atom stereocenters. The standard InChI is InChI=1S/C19H23N3O4/c1-4-14-12(2)19(3,25)17(26-14)22-11-10-15(21-18(22)24)20-16(23)13-8-6-5-7-9-13/h5-12,14,17,25H,4H2,1-3H3,(H,20,21,23,24)/t12?,14-,17-,19-/m1/s1. The van der Waals surface area contributed by atoms with Crippen LogP contribution < -0.4 is 11.0 Å². The molecule has 0 saturated carbocycles. The molecule has 1 aromatic carbocycles. The van der Waals surface area contributed by atoms with Crippen molar-refractivity contribution < 1.29 is 14.6 Å². The fraction of sp³-hybridized carbons (Fsp3) is 0.421. The highest BCUT2D eigenvalue weighted by atomic mass is 16.5. The Labute approximate surface area is 151 Å². The van der Waals surface area contributed by atoms with Crippen LogP contribution in [-0.2, 0) is 4.74 Å². The first-order chi connectivity index (χ1) is 12.3. The minimum atomic E-state index is -1.19. The molecule has 0 spiro atoms. The molecule has 7 nitrogen and oxygen atoms in total. The van der Waals surface area contributed by atoms with Crippen molar-refractivity contribution in [2.24, 2.45) is 5.92 Å². The molecule has 1 saturated heterocycles. The summed E-state index contributed by atoms with van der Waals surface area (Å²) in [6.45, 7) is 5.54. The van der Waals surface area contributed by atoms with Gasteiger partial charge in [-0.2, -0.15) is 4.98 Å². The van der Waals surface area contributed by atoms with Gasteiger partial charge in [-0.1, -0.05) is 32.0 Å². The molecule has 0 bridgehead atoms. The molecule has 2 heterocycles. The Kier molecular flexibility index (Phi) is 4.93. The number of nitrogens with one attached hydrogen (secondary N) is 1. The van der Waals surface area contributed by atoms with Crippen LogP contribution in [0.15, 0.2) is 47.4 Å². The molecule has 1 aromatic heterocycles. The van der Waals surface area contributed by atoms with Gasteiger partial charge in [0.25, 0.3) is 5.91 Å². The first-order valence-corrected chi connectivity index (χ1v) is 8.68. The van der Waals surface area contributed by atoms with Crippen LogP contribution in [0.4, 0.5) is 5.82 Å². The molecule has 138 valence electrons. The Hall–Kier alpha value is -2.51. The van der Waals surface area contributed by atoms with Gasteiger partial charge >= 0.3 is 5.69 Å². The maximum absolute atomic E-state index is 12.4. The van der Waals surface area contributed by atoms with Crippen molar-refractivity contribution in [3.63, 3.8) is 0 Å². The zero-order valence-electron chi connectivity index (χ0n) is 15.0. The van der Waals surface area contributed by atoms with Gasteiger partial charge in [-0.05, 0) is 31.5 Å². The number of anilines is 1. The van der Waals surface area contributed by atoms with E-state index < -0.39 is 17.5 Å². The summed E-state index contributed by atoms with van der Waals surface area (Å²) in [6.07, 6.45) is 1.27. The van der Waals surface area contributed by atoms with Crippen LogP contribution in [0.3, 0.4) is 0 Å². The lowest BCUT2D eigenvalue weighted by atomic mass is 9.87. The largest absolute Gasteiger partial charge is 0.385 e. The predicted octanol–water partition coefficient (Wildman–Crippen LogP) is 2.19. The van der Waals surface area contributed by atoms with Crippen molar-refractivity contribution in [2.75, 3.05) is 5.32 Å². The van der Waals surface area contributed by atoms with Crippen molar-refractivity contribution in [1.29, 1.82) is 0 Å². The lowest BCUT2D eigenvalue weighted by Gasteiger charge is -2.28. The van der Waals surface area contributed by atoms with E-state index >= 15 is 0 Å². The van der Waals surface area contributed by atoms with E-state index in [1.54, 1.807) is 31.2 Å². The zero-order valence-corrected chi connectivity index (χ0v) is 15.0. The normalized spacial score (nSPS) is 28.1. The van der Waals surface area contributed by atoms with Crippen LogP contribution in [0, 0.1) is 5.92 Å². The molecule has 2 N–H and O–H groups in total. The number of hydrogen-bond donors (Lipinski definition) is 2. The number of carbonyl (C=O) groups is 1. The van der Waals surface area contributed by atoms with Crippen molar-refractivity contribution in [3.8, 4) is 0 Å². The van der Waals surface area contributed by atoms with Crippen LogP contribution in [-0.4, -0.2) is 32.3 Å². The van der Waals surface area contributed by atoms with Gasteiger partial charge in [0.15, 0.2) is 6.23 Å². The Balaban J connectivity index is 1.82. The topological polar surface area (TPSA) is 93.5 Å². The number of aliphatic hydroxyl groups is 1. The molecule has 7 heteroatoms. The van der Waals surface area contributed by atoms with Gasteiger partial charge in [-0.3, -0.25) is 9.36 Å². The first-order valence-electron chi connectivity index (χ1n) is 8.68. The second kappa shape index (κ2) is 7.01. The SMILES string of the molecule is CC[C@H]1O[C@@H](n2ccc(NC(=O)c3ccccc3)nc2=O)[C@](C)(O)C1C. The van der Waals surface area contributed by atoms with Crippen LogP contribution in [0.1, 0.15) is 43.8 Å². The summed E-state index contributed by atoms with van der Waals surface area (Å²) in [7, 11) is 0. The van der Waals surface area contributed by atoms with E-state index in [-0.39, 0.29) is 23.7 Å². The van der Waals surface area contributed by atoms with E-state index in [1.807, 2.05) is 19.9 Å². The number of ether oxygens (including phenoxy) is 1. The number of benzene rings is 1. The van der Waals surface area contributed by atoms with Gasteiger partial charge in [-0.15, -0.1) is 0 Å². The molecule has 1 fully saturated rings. The summed E-state index contributed by atoms with van der Waals surface area (Å²) in [6, 6.07) is 10.2. The van der Waals surface area contributed by atoms with Crippen molar-refractivity contribution in [2.45, 2.75) is 45.1 Å². The van der Waals surface area contributed by atoms with Gasteiger partial charge in [0.1, 0.15) is 11.4 Å². The third-order valence-corrected chi connectivity index (χ3v) is 5.05. The second-order valence-electron chi connectivity index (χ2n) is 6.77. The van der Waals surface area contributed by atoms with Crippen LogP contribution in [0.25, 0.3) is 0 Å². The number of hydrogen-bond acceptors (Lipinski definition) is 5. The summed E-state index contributed by atoms with van der Waals surface area (Å²) < 4.78 is 7.15. The van der Waals surface area contributed by atoms with E-state index in [4.69, 9.17) is 4.74 Å². The molecule has 1 aliphatic rings. The minimum absolute atomic E-state index is 0.123. The van der Waals surface area contributed by atoms with E-state index in [0.29, 0.717) is 5.56 Å². The number of nitrogens with zero attached hydrogens (tertiary/aromatic N) is 2. The summed E-state index contributed by atoms with van der Waals surface area (Å²) >= 11 is 0. The van der Waals surface area contributed by atoms with E-state index in [9.17, 15) is 14.7 Å². The van der Waals surface area contributed by atoms with Crippen LogP contribution >= 0.6 is 0 Å². The molecular formula is C19H23N3O4. The Morgan fingerprint density at radius 3 is 2.62 bits per heavy atom. The average Bonchev–Trinajstić information content (AvgIpc) is 2.85. The van der Waals surface area contributed by atoms with Gasteiger partial charge in [-0.25, -0.2) is 4.79 Å². The first kappa shape index (κ1) is 18.3. The van der Waals surface area contributed by atoms with Crippen molar-refractivity contribution >= 4 is 11.7 Å². The highest BCUT2D eigenvalue weighted by Gasteiger charge is 2.50. The Bertz CT molecular complexity index is 847. The van der Waals surface area contributed by atoms with Gasteiger partial charge < -0.3 is 15.2 Å². The zero-order chi connectivity index (χ0) is 18.9. The average molecular weight is 357 g/mol. The van der Waals surface area contributed by atoms with Gasteiger partial charge in [0.2, 0.25) is 0 Å². The number of aromatic nitrogens is 2. The number of rotatable bonds is 4. The molecule has 1 aliphatic heterocycles. The molecule has 0 radical (unpaired) electrons. The minimum Gasteiger partial charge on any atom is -0.385 e. The summed E-state index contributed by atoms with van der Waals surface area (Å²) in [5.74, 6) is -0.321. The smallest absolute Gasteiger partial charge is 0.351 e. The number of amides is 1. The van der Waals surface area contributed by atoms with Gasteiger partial charge in [0.05, 0.1) is 6.10 Å². The summed E-state index contributed by atoms with van der Waals surface area (Å²) in [5, 5.41) is 13.4. The Morgan fingerprint density at radius 1 is 1.35 bits per heavy atom. The molecule has 3 rings (SSSR count). The quantitative estimate of drug-likeness (QED) is 0.875. The molecule has 26 heavy (non-hydrogen) atoms. The van der Waals surface area contributed by atoms with Gasteiger partial charge in [0, 0.05) is 17.7 Å². The van der Waals surface area contributed by atoms with Crippen molar-refractivity contribution in [1.82, 2.24) is 9.55 Å². The van der Waals surface area contributed by atoms with E-state index in [1.165, 1.54) is 16.8 Å². The molecule has 1 amide bonds. The number of carbonyl (C=O) groups excluding carboxylic acids is 1. The molecule has 4 atom stereocenters. The molecule has 2 aromatic rings. The van der Waals surface area contributed by atoms with Crippen LogP contribution in [0.5, 0.6) is 0 Å². The molecule has 0 aliphatic carbocycles. The van der Waals surface area contributed by atoms with E-state index in [2.05, 4.69) is 10.3 Å².